The van der Waals surface area contributed by atoms with Crippen molar-refractivity contribution < 1.29 is 19.7 Å². The van der Waals surface area contributed by atoms with Gasteiger partial charge in [-0.25, -0.2) is 0 Å². The Morgan fingerprint density at radius 2 is 1.62 bits per heavy atom. The fourth-order valence-corrected chi connectivity index (χ4v) is 5.53. The third-order valence-corrected chi connectivity index (χ3v) is 8.00. The zero-order valence-electron chi connectivity index (χ0n) is 24.6. The van der Waals surface area contributed by atoms with Gasteiger partial charge >= 0.3 is 5.97 Å². The van der Waals surface area contributed by atoms with Gasteiger partial charge < -0.3 is 19.8 Å². The standard InChI is InChI=1S/C35H47NO4/c1-5-6-15-28(16-13-24-34(2,3)33(38)40-4)32(37)21-14-25-36-26-22-31(23-27-36)35(39,29-17-9-7-10-18-29)30-19-11-8-12-20-30/h6-13,15-20,24,31-32,37,39H,5,14,21-23,25-27H2,1-4H3/b15-6-,24-13+,28-16+. The highest BCUT2D eigenvalue weighted by molar-refractivity contribution is 5.78. The molecule has 40 heavy (non-hydrogen) atoms. The molecule has 1 saturated heterocycles. The first kappa shape index (κ1) is 31.5. The predicted molar refractivity (Wildman–Crippen MR) is 163 cm³/mol. The molecule has 0 aliphatic carbocycles. The number of ether oxygens (including phenoxy) is 1. The summed E-state index contributed by atoms with van der Waals surface area (Å²) in [5.74, 6) is -0.160. The summed E-state index contributed by atoms with van der Waals surface area (Å²) < 4.78 is 4.87. The van der Waals surface area contributed by atoms with E-state index in [1.807, 2.05) is 105 Å². The van der Waals surface area contributed by atoms with E-state index in [1.54, 1.807) is 0 Å². The highest BCUT2D eigenvalue weighted by Gasteiger charge is 2.41. The summed E-state index contributed by atoms with van der Waals surface area (Å²) in [5.41, 5.74) is 1.01. The van der Waals surface area contributed by atoms with Gasteiger partial charge in [0.1, 0.15) is 5.60 Å². The number of aliphatic hydroxyl groups excluding tert-OH is 1. The molecule has 0 radical (unpaired) electrons. The summed E-state index contributed by atoms with van der Waals surface area (Å²) in [4.78, 5) is 14.4. The van der Waals surface area contributed by atoms with Crippen LogP contribution in [-0.2, 0) is 15.1 Å². The van der Waals surface area contributed by atoms with Crippen LogP contribution in [0, 0.1) is 11.3 Å². The lowest BCUT2D eigenvalue weighted by molar-refractivity contribution is -0.148. The van der Waals surface area contributed by atoms with Gasteiger partial charge in [-0.2, -0.15) is 0 Å². The number of esters is 1. The lowest BCUT2D eigenvalue weighted by Gasteiger charge is -2.42. The van der Waals surface area contributed by atoms with E-state index in [2.05, 4.69) is 11.8 Å². The molecule has 3 rings (SSSR count). The van der Waals surface area contributed by atoms with Crippen molar-refractivity contribution in [2.45, 2.75) is 64.6 Å². The molecular formula is C35H47NO4. The molecule has 2 N–H and O–H groups in total. The molecule has 1 unspecified atom stereocenters. The van der Waals surface area contributed by atoms with E-state index < -0.39 is 17.1 Å². The Balaban J connectivity index is 1.58. The van der Waals surface area contributed by atoms with Crippen LogP contribution in [0.2, 0.25) is 0 Å². The molecule has 2 aromatic carbocycles. The SMILES string of the molecule is CC\C=C/C(=C\C=C\C(C)(C)C(=O)OC)C(O)CCCN1CCC(C(O)(c2ccccc2)c2ccccc2)CC1. The van der Waals surface area contributed by atoms with E-state index in [9.17, 15) is 15.0 Å². The number of hydrogen-bond donors (Lipinski definition) is 2. The average Bonchev–Trinajstić information content (AvgIpc) is 2.99. The summed E-state index contributed by atoms with van der Waals surface area (Å²) in [7, 11) is 1.39. The van der Waals surface area contributed by atoms with Crippen molar-refractivity contribution in [1.29, 1.82) is 0 Å². The van der Waals surface area contributed by atoms with E-state index in [1.165, 1.54) is 7.11 Å². The Morgan fingerprint density at radius 3 is 2.15 bits per heavy atom. The van der Waals surface area contributed by atoms with Crippen molar-refractivity contribution in [3.05, 3.63) is 108 Å². The molecule has 1 atom stereocenters. The number of rotatable bonds is 13. The number of likely N-dealkylation sites (tertiary alicyclic amines) is 1. The number of piperidine rings is 1. The van der Waals surface area contributed by atoms with E-state index >= 15 is 0 Å². The number of methoxy groups -OCH3 is 1. The number of carbonyl (C=O) groups is 1. The fourth-order valence-electron chi connectivity index (χ4n) is 5.53. The lowest BCUT2D eigenvalue weighted by Crippen LogP contribution is -2.44. The molecule has 0 saturated carbocycles. The summed E-state index contributed by atoms with van der Waals surface area (Å²) in [6, 6.07) is 20.1. The summed E-state index contributed by atoms with van der Waals surface area (Å²) >= 11 is 0. The van der Waals surface area contributed by atoms with Crippen LogP contribution in [0.5, 0.6) is 0 Å². The van der Waals surface area contributed by atoms with E-state index in [0.29, 0.717) is 6.42 Å². The van der Waals surface area contributed by atoms with Gasteiger partial charge in [-0.05, 0) is 88.2 Å². The van der Waals surface area contributed by atoms with Crippen LogP contribution in [-0.4, -0.2) is 53.9 Å². The Bertz CT molecular complexity index is 1090. The van der Waals surface area contributed by atoms with Gasteiger partial charge in [0.05, 0.1) is 18.6 Å². The molecule has 2 aromatic rings. The van der Waals surface area contributed by atoms with Crippen LogP contribution in [0.1, 0.15) is 64.0 Å². The van der Waals surface area contributed by atoms with E-state index in [4.69, 9.17) is 4.74 Å². The normalized spacial score (nSPS) is 17.0. The minimum Gasteiger partial charge on any atom is -0.468 e. The van der Waals surface area contributed by atoms with Crippen molar-refractivity contribution >= 4 is 5.97 Å². The number of allylic oxidation sites excluding steroid dienone is 3. The van der Waals surface area contributed by atoms with Crippen LogP contribution in [0.15, 0.2) is 96.6 Å². The van der Waals surface area contributed by atoms with Crippen LogP contribution < -0.4 is 0 Å². The average molecular weight is 546 g/mol. The molecule has 0 amide bonds. The van der Waals surface area contributed by atoms with E-state index in [0.717, 1.165) is 62.0 Å². The molecule has 216 valence electrons. The smallest absolute Gasteiger partial charge is 0.315 e. The first-order valence-corrected chi connectivity index (χ1v) is 14.6. The maximum absolute atomic E-state index is 12.1. The predicted octanol–water partition coefficient (Wildman–Crippen LogP) is 6.42. The van der Waals surface area contributed by atoms with Gasteiger partial charge in [0, 0.05) is 0 Å². The van der Waals surface area contributed by atoms with Crippen molar-refractivity contribution in [1.82, 2.24) is 4.90 Å². The van der Waals surface area contributed by atoms with Crippen molar-refractivity contribution in [2.75, 3.05) is 26.7 Å². The second-order valence-corrected chi connectivity index (χ2v) is 11.3. The van der Waals surface area contributed by atoms with Gasteiger partial charge in [0.15, 0.2) is 0 Å². The number of nitrogens with zero attached hydrogens (tertiary/aromatic N) is 1. The maximum Gasteiger partial charge on any atom is 0.315 e. The molecule has 0 spiro atoms. The molecule has 1 heterocycles. The largest absolute Gasteiger partial charge is 0.468 e. The molecule has 5 nitrogen and oxygen atoms in total. The molecule has 5 heteroatoms. The van der Waals surface area contributed by atoms with Gasteiger partial charge in [0.2, 0.25) is 0 Å². The van der Waals surface area contributed by atoms with Crippen molar-refractivity contribution in [3.8, 4) is 0 Å². The first-order valence-electron chi connectivity index (χ1n) is 14.6. The van der Waals surface area contributed by atoms with Crippen LogP contribution in [0.25, 0.3) is 0 Å². The molecule has 0 aromatic heterocycles. The monoisotopic (exact) mass is 545 g/mol. The van der Waals surface area contributed by atoms with Crippen LogP contribution >= 0.6 is 0 Å². The Morgan fingerprint density at radius 1 is 1.05 bits per heavy atom. The topological polar surface area (TPSA) is 70.0 Å². The highest BCUT2D eigenvalue weighted by atomic mass is 16.5. The van der Waals surface area contributed by atoms with Gasteiger partial charge in [-0.15, -0.1) is 0 Å². The minimum atomic E-state index is -1.01. The number of carbonyl (C=O) groups excluding carboxylic acids is 1. The Hall–Kier alpha value is -2.99. The second-order valence-electron chi connectivity index (χ2n) is 11.3. The van der Waals surface area contributed by atoms with Gasteiger partial charge in [0.25, 0.3) is 0 Å². The van der Waals surface area contributed by atoms with Crippen LogP contribution in [0.3, 0.4) is 0 Å². The number of aliphatic hydroxyl groups is 2. The third kappa shape index (κ3) is 8.26. The fraction of sp³-hybridized carbons (Fsp3) is 0.457. The Labute approximate surface area is 240 Å². The lowest BCUT2D eigenvalue weighted by atomic mass is 9.72. The molecule has 0 bridgehead atoms. The molecule has 1 aliphatic heterocycles. The van der Waals surface area contributed by atoms with Crippen molar-refractivity contribution in [2.24, 2.45) is 11.3 Å². The van der Waals surface area contributed by atoms with Gasteiger partial charge in [-0.1, -0.05) is 98.0 Å². The third-order valence-electron chi connectivity index (χ3n) is 8.00. The quantitative estimate of drug-likeness (QED) is 0.224. The van der Waals surface area contributed by atoms with Crippen molar-refractivity contribution in [3.63, 3.8) is 0 Å². The van der Waals surface area contributed by atoms with Crippen LogP contribution in [0.4, 0.5) is 0 Å². The molecule has 1 aliphatic rings. The minimum absolute atomic E-state index is 0.133. The number of benzene rings is 2. The summed E-state index contributed by atoms with van der Waals surface area (Å²) in [5, 5.41) is 23.1. The van der Waals surface area contributed by atoms with Gasteiger partial charge in [-0.3, -0.25) is 4.79 Å². The Kier molecular flexibility index (Phi) is 11.9. The summed E-state index contributed by atoms with van der Waals surface area (Å²) in [6.07, 6.45) is 13.2. The zero-order valence-corrected chi connectivity index (χ0v) is 24.6. The number of hydrogen-bond acceptors (Lipinski definition) is 5. The highest BCUT2D eigenvalue weighted by Crippen LogP contribution is 2.41. The first-order chi connectivity index (χ1) is 19.2. The summed E-state index contributed by atoms with van der Waals surface area (Å²) in [6.45, 7) is 8.45. The second kappa shape index (κ2) is 15.1. The molecule has 1 fully saturated rings. The van der Waals surface area contributed by atoms with E-state index in [-0.39, 0.29) is 11.9 Å². The molecular weight excluding hydrogens is 498 g/mol. The zero-order chi connectivity index (χ0) is 29.0. The maximum atomic E-state index is 12.1.